The minimum atomic E-state index is -0.256. The lowest BCUT2D eigenvalue weighted by Crippen LogP contribution is -2.59. The molecule has 21 heavy (non-hydrogen) atoms. The molecule has 4 aliphatic carbocycles. The summed E-state index contributed by atoms with van der Waals surface area (Å²) in [4.78, 5) is 12.2. The fraction of sp³-hybridized carbons (Fsp3) is 0.526. The average Bonchev–Trinajstić information content (AvgIpc) is 2.47. The second-order valence-electron chi connectivity index (χ2n) is 7.47. The van der Waals surface area contributed by atoms with Gasteiger partial charge in [-0.2, -0.15) is 0 Å². The molecule has 2 atom stereocenters. The monoisotopic (exact) mass is 281 g/mol. The first-order chi connectivity index (χ1) is 10.1. The standard InChI is InChI=1S/C19H23NO/c1-2-16-13-8-18(15-6-4-3-5-7-15)9-14(16)11-19(10-13,12-18)17(20)21/h2-7,13-14H,8-12H2,1H3,(H2,20,21). The Bertz CT molecular complexity index is 598. The quantitative estimate of drug-likeness (QED) is 0.827. The molecule has 1 aromatic rings. The number of rotatable bonds is 2. The zero-order valence-corrected chi connectivity index (χ0v) is 12.6. The molecular weight excluding hydrogens is 258 g/mol. The summed E-state index contributed by atoms with van der Waals surface area (Å²) in [5.41, 5.74) is 8.79. The molecule has 2 N–H and O–H groups in total. The van der Waals surface area contributed by atoms with Crippen LogP contribution in [0.2, 0.25) is 0 Å². The number of benzene rings is 1. The van der Waals surface area contributed by atoms with Gasteiger partial charge in [0.1, 0.15) is 0 Å². The van der Waals surface area contributed by atoms with Crippen LogP contribution in [0.15, 0.2) is 42.0 Å². The summed E-state index contributed by atoms with van der Waals surface area (Å²) in [6.45, 7) is 2.16. The van der Waals surface area contributed by atoms with Gasteiger partial charge >= 0.3 is 0 Å². The van der Waals surface area contributed by atoms with E-state index in [1.165, 1.54) is 18.4 Å². The van der Waals surface area contributed by atoms with Gasteiger partial charge < -0.3 is 5.73 Å². The molecule has 0 aliphatic heterocycles. The van der Waals surface area contributed by atoms with Crippen LogP contribution in [0.3, 0.4) is 0 Å². The van der Waals surface area contributed by atoms with E-state index in [4.69, 9.17) is 5.73 Å². The zero-order valence-electron chi connectivity index (χ0n) is 12.6. The van der Waals surface area contributed by atoms with Crippen molar-refractivity contribution in [3.05, 3.63) is 47.5 Å². The number of hydrogen-bond donors (Lipinski definition) is 1. The van der Waals surface area contributed by atoms with Crippen molar-refractivity contribution in [3.63, 3.8) is 0 Å². The predicted molar refractivity (Wildman–Crippen MR) is 83.6 cm³/mol. The molecule has 1 amide bonds. The van der Waals surface area contributed by atoms with E-state index in [0.29, 0.717) is 11.8 Å². The second kappa shape index (κ2) is 4.22. The Morgan fingerprint density at radius 2 is 1.76 bits per heavy atom. The van der Waals surface area contributed by atoms with Crippen molar-refractivity contribution in [2.75, 3.05) is 0 Å². The SMILES string of the molecule is CC=C1C2CC3(C(N)=O)CC1CC(c1ccccc1)(C2)C3. The smallest absolute Gasteiger partial charge is 0.223 e. The molecule has 4 saturated carbocycles. The highest BCUT2D eigenvalue weighted by atomic mass is 16.1. The lowest BCUT2D eigenvalue weighted by molar-refractivity contribution is -0.140. The van der Waals surface area contributed by atoms with Gasteiger partial charge in [0.05, 0.1) is 5.41 Å². The molecule has 4 aliphatic rings. The first-order valence-corrected chi connectivity index (χ1v) is 8.10. The maximum Gasteiger partial charge on any atom is 0.223 e. The largest absolute Gasteiger partial charge is 0.369 e. The Kier molecular flexibility index (Phi) is 2.64. The van der Waals surface area contributed by atoms with E-state index < -0.39 is 0 Å². The summed E-state index contributed by atoms with van der Waals surface area (Å²) in [5, 5.41) is 0. The van der Waals surface area contributed by atoms with Crippen molar-refractivity contribution in [2.45, 2.75) is 44.4 Å². The molecular formula is C19H23NO. The summed E-state index contributed by atoms with van der Waals surface area (Å²) in [7, 11) is 0. The fourth-order valence-corrected chi connectivity index (χ4v) is 5.83. The first kappa shape index (κ1) is 13.1. The van der Waals surface area contributed by atoms with E-state index in [1.54, 1.807) is 5.57 Å². The van der Waals surface area contributed by atoms with E-state index >= 15 is 0 Å². The van der Waals surface area contributed by atoms with Crippen LogP contribution in [0.4, 0.5) is 0 Å². The van der Waals surface area contributed by atoms with Crippen LogP contribution in [0, 0.1) is 17.3 Å². The Hall–Kier alpha value is -1.57. The van der Waals surface area contributed by atoms with Crippen molar-refractivity contribution in [1.29, 1.82) is 0 Å². The number of amides is 1. The minimum absolute atomic E-state index is 0.0626. The van der Waals surface area contributed by atoms with Crippen LogP contribution in [0.5, 0.6) is 0 Å². The number of primary amides is 1. The fourth-order valence-electron chi connectivity index (χ4n) is 5.83. The Balaban J connectivity index is 1.84. The van der Waals surface area contributed by atoms with Gasteiger partial charge in [-0.3, -0.25) is 4.79 Å². The highest BCUT2D eigenvalue weighted by Crippen LogP contribution is 2.67. The van der Waals surface area contributed by atoms with Gasteiger partial charge in [-0.05, 0) is 61.8 Å². The molecule has 110 valence electrons. The molecule has 4 fully saturated rings. The highest BCUT2D eigenvalue weighted by molar-refractivity contribution is 5.82. The number of carbonyl (C=O) groups excluding carboxylic acids is 1. The molecule has 0 aromatic heterocycles. The van der Waals surface area contributed by atoms with Crippen molar-refractivity contribution in [1.82, 2.24) is 0 Å². The molecule has 5 rings (SSSR count). The van der Waals surface area contributed by atoms with Gasteiger partial charge in [-0.15, -0.1) is 0 Å². The Morgan fingerprint density at radius 3 is 2.29 bits per heavy atom. The van der Waals surface area contributed by atoms with E-state index in [1.807, 2.05) is 0 Å². The third-order valence-corrected chi connectivity index (χ3v) is 6.41. The van der Waals surface area contributed by atoms with Crippen LogP contribution in [-0.4, -0.2) is 5.91 Å². The van der Waals surface area contributed by atoms with Crippen molar-refractivity contribution < 1.29 is 4.79 Å². The van der Waals surface area contributed by atoms with Gasteiger partial charge in [-0.25, -0.2) is 0 Å². The van der Waals surface area contributed by atoms with Crippen LogP contribution < -0.4 is 5.73 Å². The minimum Gasteiger partial charge on any atom is -0.369 e. The maximum absolute atomic E-state index is 12.2. The van der Waals surface area contributed by atoms with Crippen LogP contribution in [0.1, 0.15) is 44.6 Å². The van der Waals surface area contributed by atoms with Crippen molar-refractivity contribution in [2.24, 2.45) is 23.0 Å². The molecule has 2 heteroatoms. The van der Waals surface area contributed by atoms with E-state index in [9.17, 15) is 4.79 Å². The summed E-state index contributed by atoms with van der Waals surface area (Å²) >= 11 is 0. The van der Waals surface area contributed by atoms with Gasteiger partial charge in [-0.1, -0.05) is 42.0 Å². The topological polar surface area (TPSA) is 43.1 Å². The molecule has 0 spiro atoms. The molecule has 2 unspecified atom stereocenters. The van der Waals surface area contributed by atoms with Crippen LogP contribution in [-0.2, 0) is 10.2 Å². The average molecular weight is 281 g/mol. The number of hydrogen-bond acceptors (Lipinski definition) is 1. The summed E-state index contributed by atoms with van der Waals surface area (Å²) < 4.78 is 0. The van der Waals surface area contributed by atoms with E-state index in [0.717, 1.165) is 19.3 Å². The Morgan fingerprint density at radius 1 is 1.14 bits per heavy atom. The summed E-state index contributed by atoms with van der Waals surface area (Å²) in [5.74, 6) is 1.06. The number of allylic oxidation sites excluding steroid dienone is 2. The lowest BCUT2D eigenvalue weighted by Gasteiger charge is -2.62. The third kappa shape index (κ3) is 1.68. The van der Waals surface area contributed by atoms with Gasteiger partial charge in [0.25, 0.3) is 0 Å². The van der Waals surface area contributed by atoms with Crippen LogP contribution in [0.25, 0.3) is 0 Å². The Labute approximate surface area is 126 Å². The molecule has 4 bridgehead atoms. The van der Waals surface area contributed by atoms with Crippen LogP contribution >= 0.6 is 0 Å². The summed E-state index contributed by atoms with van der Waals surface area (Å²) in [6, 6.07) is 10.8. The van der Waals surface area contributed by atoms with Gasteiger partial charge in [0, 0.05) is 0 Å². The zero-order chi connectivity index (χ0) is 14.7. The third-order valence-electron chi connectivity index (χ3n) is 6.41. The van der Waals surface area contributed by atoms with E-state index in [-0.39, 0.29) is 16.7 Å². The highest BCUT2D eigenvalue weighted by Gasteiger charge is 2.61. The van der Waals surface area contributed by atoms with Crippen molar-refractivity contribution >= 4 is 5.91 Å². The molecule has 0 radical (unpaired) electrons. The second-order valence-corrected chi connectivity index (χ2v) is 7.47. The normalized spacial score (nSPS) is 40.3. The predicted octanol–water partition coefficient (Wildman–Crippen LogP) is 3.57. The molecule has 1 aromatic carbocycles. The molecule has 0 heterocycles. The number of nitrogens with two attached hydrogens (primary N) is 1. The lowest BCUT2D eigenvalue weighted by atomic mass is 9.41. The number of carbonyl (C=O) groups is 1. The first-order valence-electron chi connectivity index (χ1n) is 8.10. The molecule has 0 saturated heterocycles. The van der Waals surface area contributed by atoms with Gasteiger partial charge in [0.15, 0.2) is 0 Å². The maximum atomic E-state index is 12.2. The van der Waals surface area contributed by atoms with Gasteiger partial charge in [0.2, 0.25) is 5.91 Å². The molecule has 2 nitrogen and oxygen atoms in total. The van der Waals surface area contributed by atoms with Crippen molar-refractivity contribution in [3.8, 4) is 0 Å². The summed E-state index contributed by atoms with van der Waals surface area (Å²) in [6.07, 6.45) is 7.62. The van der Waals surface area contributed by atoms with E-state index in [2.05, 4.69) is 43.3 Å².